The molecule has 1 aromatic heterocycles. The van der Waals surface area contributed by atoms with Gasteiger partial charge in [0.2, 0.25) is 0 Å². The number of hydrogen-bond donors (Lipinski definition) is 2. The van der Waals surface area contributed by atoms with Gasteiger partial charge in [0.25, 0.3) is 0 Å². The fourth-order valence-electron chi connectivity index (χ4n) is 1.21. The maximum Gasteiger partial charge on any atom is 0.0552 e. The minimum Gasteiger partial charge on any atom is -0.396 e. The van der Waals surface area contributed by atoms with E-state index in [-0.39, 0.29) is 12.6 Å². The smallest absolute Gasteiger partial charge is 0.0552 e. The summed E-state index contributed by atoms with van der Waals surface area (Å²) < 4.78 is 1.85. The van der Waals surface area contributed by atoms with Crippen molar-refractivity contribution >= 4 is 0 Å². The lowest BCUT2D eigenvalue weighted by Crippen LogP contribution is -2.16. The van der Waals surface area contributed by atoms with Crippen molar-refractivity contribution in [3.05, 3.63) is 18.0 Å². The molecule has 1 atom stereocenters. The summed E-state index contributed by atoms with van der Waals surface area (Å²) in [5, 5.41) is 12.8. The molecular formula is C8H15N3O. The molecule has 3 N–H and O–H groups in total. The van der Waals surface area contributed by atoms with Crippen LogP contribution in [0.1, 0.15) is 25.1 Å². The topological polar surface area (TPSA) is 64.1 Å². The third-order valence-electron chi connectivity index (χ3n) is 1.87. The summed E-state index contributed by atoms with van der Waals surface area (Å²) >= 11 is 0. The zero-order chi connectivity index (χ0) is 8.97. The van der Waals surface area contributed by atoms with Gasteiger partial charge in [-0.1, -0.05) is 0 Å². The highest BCUT2D eigenvalue weighted by Crippen LogP contribution is 2.12. The molecule has 0 unspecified atom stereocenters. The van der Waals surface area contributed by atoms with Gasteiger partial charge in [-0.15, -0.1) is 0 Å². The van der Waals surface area contributed by atoms with Crippen LogP contribution in [-0.2, 0) is 6.54 Å². The van der Waals surface area contributed by atoms with Gasteiger partial charge in [0.1, 0.15) is 0 Å². The summed E-state index contributed by atoms with van der Waals surface area (Å²) in [6, 6.07) is 1.79. The fourth-order valence-corrected chi connectivity index (χ4v) is 1.21. The first-order valence-electron chi connectivity index (χ1n) is 4.17. The summed E-state index contributed by atoms with van der Waals surface area (Å²) in [4.78, 5) is 0. The molecule has 1 aromatic rings. The molecule has 0 aliphatic rings. The minimum absolute atomic E-state index is 0.0996. The van der Waals surface area contributed by atoms with Crippen LogP contribution in [-0.4, -0.2) is 21.5 Å². The van der Waals surface area contributed by atoms with Crippen molar-refractivity contribution in [2.75, 3.05) is 6.61 Å². The van der Waals surface area contributed by atoms with Crippen molar-refractivity contribution in [1.29, 1.82) is 0 Å². The van der Waals surface area contributed by atoms with Crippen LogP contribution in [0.3, 0.4) is 0 Å². The molecule has 0 amide bonds. The summed E-state index contributed by atoms with van der Waals surface area (Å²) in [6.07, 6.45) is 2.32. The molecule has 0 saturated heterocycles. The van der Waals surface area contributed by atoms with Gasteiger partial charge in [-0.2, -0.15) is 5.10 Å². The van der Waals surface area contributed by atoms with Crippen LogP contribution in [0.2, 0.25) is 0 Å². The molecule has 0 aliphatic carbocycles. The Balaban J connectivity index is 2.71. The SMILES string of the molecule is CCn1nccc1[C@@H](N)CCO. The molecule has 1 heterocycles. The van der Waals surface area contributed by atoms with Crippen molar-refractivity contribution in [3.8, 4) is 0 Å². The lowest BCUT2D eigenvalue weighted by Gasteiger charge is -2.11. The number of nitrogens with two attached hydrogens (primary N) is 1. The number of aliphatic hydroxyl groups excluding tert-OH is 1. The molecule has 0 fully saturated rings. The summed E-state index contributed by atoms with van der Waals surface area (Å²) in [5.41, 5.74) is 6.80. The first-order chi connectivity index (χ1) is 5.79. The van der Waals surface area contributed by atoms with Gasteiger partial charge in [-0.05, 0) is 19.4 Å². The Hall–Kier alpha value is -0.870. The van der Waals surface area contributed by atoms with Crippen molar-refractivity contribution in [2.45, 2.75) is 25.9 Å². The van der Waals surface area contributed by atoms with Gasteiger partial charge < -0.3 is 10.8 Å². The van der Waals surface area contributed by atoms with Crippen molar-refractivity contribution < 1.29 is 5.11 Å². The van der Waals surface area contributed by atoms with Gasteiger partial charge in [0.15, 0.2) is 0 Å². The van der Waals surface area contributed by atoms with E-state index in [0.29, 0.717) is 6.42 Å². The summed E-state index contributed by atoms with van der Waals surface area (Å²) in [7, 11) is 0. The van der Waals surface area contributed by atoms with E-state index in [0.717, 1.165) is 12.2 Å². The Bertz CT molecular complexity index is 234. The van der Waals surface area contributed by atoms with Crippen molar-refractivity contribution in [2.24, 2.45) is 5.73 Å². The molecule has 12 heavy (non-hydrogen) atoms. The largest absolute Gasteiger partial charge is 0.396 e. The molecule has 4 heteroatoms. The second-order valence-corrected chi connectivity index (χ2v) is 2.69. The van der Waals surface area contributed by atoms with Gasteiger partial charge in [-0.25, -0.2) is 0 Å². The number of aromatic nitrogens is 2. The standard InChI is InChI=1S/C8H15N3O/c1-2-11-8(3-5-10-11)7(9)4-6-12/h3,5,7,12H,2,4,6,9H2,1H3/t7-/m0/s1. The minimum atomic E-state index is -0.0996. The average Bonchev–Trinajstić information content (AvgIpc) is 2.51. The Morgan fingerprint density at radius 3 is 3.08 bits per heavy atom. The quantitative estimate of drug-likeness (QED) is 0.680. The fraction of sp³-hybridized carbons (Fsp3) is 0.625. The van der Waals surface area contributed by atoms with Crippen LogP contribution < -0.4 is 5.73 Å². The van der Waals surface area contributed by atoms with Crippen molar-refractivity contribution in [1.82, 2.24) is 9.78 Å². The Labute approximate surface area is 72.0 Å². The molecule has 0 aromatic carbocycles. The van der Waals surface area contributed by atoms with Gasteiger partial charge in [0, 0.05) is 25.4 Å². The van der Waals surface area contributed by atoms with Crippen LogP contribution in [0.25, 0.3) is 0 Å². The highest BCUT2D eigenvalue weighted by atomic mass is 16.3. The maximum atomic E-state index is 8.69. The number of aliphatic hydroxyl groups is 1. The normalized spacial score (nSPS) is 13.2. The summed E-state index contributed by atoms with van der Waals surface area (Å²) in [5.74, 6) is 0. The second-order valence-electron chi connectivity index (χ2n) is 2.69. The Morgan fingerprint density at radius 1 is 1.75 bits per heavy atom. The molecule has 0 bridgehead atoms. The van der Waals surface area contributed by atoms with E-state index in [9.17, 15) is 0 Å². The molecule has 1 rings (SSSR count). The predicted octanol–water partition coefficient (Wildman–Crippen LogP) is 0.285. The molecule has 4 nitrogen and oxygen atoms in total. The van der Waals surface area contributed by atoms with E-state index >= 15 is 0 Å². The van der Waals surface area contributed by atoms with Crippen LogP contribution >= 0.6 is 0 Å². The molecule has 68 valence electrons. The lowest BCUT2D eigenvalue weighted by atomic mass is 10.1. The zero-order valence-electron chi connectivity index (χ0n) is 7.27. The molecule has 0 radical (unpaired) electrons. The van der Waals surface area contributed by atoms with Crippen LogP contribution in [0, 0.1) is 0 Å². The van der Waals surface area contributed by atoms with E-state index < -0.39 is 0 Å². The van der Waals surface area contributed by atoms with E-state index in [2.05, 4.69) is 5.10 Å². The van der Waals surface area contributed by atoms with Gasteiger partial charge >= 0.3 is 0 Å². The first kappa shape index (κ1) is 9.22. The third kappa shape index (κ3) is 1.84. The second kappa shape index (κ2) is 4.23. The van der Waals surface area contributed by atoms with Gasteiger partial charge in [-0.3, -0.25) is 4.68 Å². The van der Waals surface area contributed by atoms with E-state index in [1.54, 1.807) is 6.20 Å². The molecule has 0 saturated carbocycles. The first-order valence-corrected chi connectivity index (χ1v) is 4.17. The number of aryl methyl sites for hydroxylation is 1. The summed E-state index contributed by atoms with van der Waals surface area (Å²) in [6.45, 7) is 2.96. The Kier molecular flexibility index (Phi) is 3.25. The number of nitrogens with zero attached hydrogens (tertiary/aromatic N) is 2. The molecular weight excluding hydrogens is 154 g/mol. The monoisotopic (exact) mass is 169 g/mol. The van der Waals surface area contributed by atoms with Crippen LogP contribution in [0.15, 0.2) is 12.3 Å². The predicted molar refractivity (Wildman–Crippen MR) is 46.5 cm³/mol. The lowest BCUT2D eigenvalue weighted by molar-refractivity contribution is 0.274. The van der Waals surface area contributed by atoms with E-state index in [1.165, 1.54) is 0 Å². The third-order valence-corrected chi connectivity index (χ3v) is 1.87. The highest BCUT2D eigenvalue weighted by molar-refractivity contribution is 5.05. The molecule has 0 spiro atoms. The van der Waals surface area contributed by atoms with Gasteiger partial charge in [0.05, 0.1) is 5.69 Å². The van der Waals surface area contributed by atoms with E-state index in [4.69, 9.17) is 10.8 Å². The van der Waals surface area contributed by atoms with Crippen molar-refractivity contribution in [3.63, 3.8) is 0 Å². The van der Waals surface area contributed by atoms with Crippen LogP contribution in [0.5, 0.6) is 0 Å². The van der Waals surface area contributed by atoms with E-state index in [1.807, 2.05) is 17.7 Å². The number of hydrogen-bond acceptors (Lipinski definition) is 3. The zero-order valence-corrected chi connectivity index (χ0v) is 7.27. The van der Waals surface area contributed by atoms with Crippen LogP contribution in [0.4, 0.5) is 0 Å². The average molecular weight is 169 g/mol. The number of rotatable bonds is 4. The molecule has 0 aliphatic heterocycles. The Morgan fingerprint density at radius 2 is 2.50 bits per heavy atom. The highest BCUT2D eigenvalue weighted by Gasteiger charge is 2.09. The maximum absolute atomic E-state index is 8.69.